The Morgan fingerprint density at radius 1 is 0.950 bits per heavy atom. The Morgan fingerprint density at radius 3 is 2.60 bits per heavy atom. The largest absolute Gasteiger partial charge is 0.489 e. The zero-order valence-corrected chi connectivity index (χ0v) is 11.3. The molecule has 1 nitrogen and oxygen atoms in total. The number of halogens is 1. The second-order valence-corrected chi connectivity index (χ2v) is 4.84. The van der Waals surface area contributed by atoms with Crippen molar-refractivity contribution in [3.8, 4) is 5.75 Å². The van der Waals surface area contributed by atoms with Gasteiger partial charge in [0.25, 0.3) is 0 Å². The smallest absolute Gasteiger partial charge is 0.129 e. The summed E-state index contributed by atoms with van der Waals surface area (Å²) in [4.78, 5) is 0. The van der Waals surface area contributed by atoms with Crippen molar-refractivity contribution in [2.75, 3.05) is 0 Å². The van der Waals surface area contributed by atoms with E-state index in [1.807, 2.05) is 24.3 Å². The first-order valence-corrected chi connectivity index (χ1v) is 6.59. The molecular formula is C18H15FO. The van der Waals surface area contributed by atoms with Crippen LogP contribution in [0.2, 0.25) is 0 Å². The van der Waals surface area contributed by atoms with Gasteiger partial charge in [-0.05, 0) is 34.9 Å². The molecule has 0 amide bonds. The molecule has 0 aliphatic heterocycles. The SMILES string of the molecule is Cc1ccc(OCc2cccc3ccccc23)cc1F. The molecule has 0 N–H and O–H groups in total. The quantitative estimate of drug-likeness (QED) is 0.657. The highest BCUT2D eigenvalue weighted by atomic mass is 19.1. The summed E-state index contributed by atoms with van der Waals surface area (Å²) in [5, 5.41) is 2.35. The Bertz CT molecular complexity index is 744. The third kappa shape index (κ3) is 2.50. The van der Waals surface area contributed by atoms with Crippen LogP contribution in [0.4, 0.5) is 4.39 Å². The molecule has 0 saturated heterocycles. The fourth-order valence-electron chi connectivity index (χ4n) is 2.24. The molecule has 0 heterocycles. The normalized spacial score (nSPS) is 10.7. The van der Waals surface area contributed by atoms with Crippen molar-refractivity contribution in [3.05, 3.63) is 77.6 Å². The van der Waals surface area contributed by atoms with Crippen molar-refractivity contribution < 1.29 is 9.13 Å². The molecule has 0 radical (unpaired) electrons. The van der Waals surface area contributed by atoms with Gasteiger partial charge in [0.2, 0.25) is 0 Å². The lowest BCUT2D eigenvalue weighted by molar-refractivity contribution is 0.306. The van der Waals surface area contributed by atoms with Crippen molar-refractivity contribution in [1.82, 2.24) is 0 Å². The minimum atomic E-state index is -0.236. The van der Waals surface area contributed by atoms with Crippen LogP contribution in [0.3, 0.4) is 0 Å². The lowest BCUT2D eigenvalue weighted by Gasteiger charge is -2.09. The van der Waals surface area contributed by atoms with Gasteiger partial charge >= 0.3 is 0 Å². The van der Waals surface area contributed by atoms with Crippen molar-refractivity contribution in [2.24, 2.45) is 0 Å². The molecule has 3 aromatic carbocycles. The van der Waals surface area contributed by atoms with Crippen molar-refractivity contribution >= 4 is 10.8 Å². The van der Waals surface area contributed by atoms with Gasteiger partial charge in [-0.15, -0.1) is 0 Å². The van der Waals surface area contributed by atoms with Crippen molar-refractivity contribution in [1.29, 1.82) is 0 Å². The van der Waals surface area contributed by atoms with E-state index in [2.05, 4.69) is 18.2 Å². The Balaban J connectivity index is 1.85. The summed E-state index contributed by atoms with van der Waals surface area (Å²) in [6, 6.07) is 19.2. The molecule has 0 aromatic heterocycles. The minimum Gasteiger partial charge on any atom is -0.489 e. The standard InChI is InChI=1S/C18H15FO/c1-13-9-10-16(11-18(13)19)20-12-15-7-4-6-14-5-2-3-8-17(14)15/h2-11H,12H2,1H3. The number of ether oxygens (including phenoxy) is 1. The van der Waals surface area contributed by atoms with Gasteiger partial charge < -0.3 is 4.74 Å². The maximum absolute atomic E-state index is 13.5. The molecule has 0 spiro atoms. The van der Waals surface area contributed by atoms with Gasteiger partial charge in [0.05, 0.1) is 0 Å². The van der Waals surface area contributed by atoms with Crippen LogP contribution in [0.5, 0.6) is 5.75 Å². The Labute approximate surface area is 117 Å². The van der Waals surface area contributed by atoms with E-state index in [1.165, 1.54) is 16.8 Å². The summed E-state index contributed by atoms with van der Waals surface area (Å²) in [5.74, 6) is 0.321. The molecular weight excluding hydrogens is 251 g/mol. The highest BCUT2D eigenvalue weighted by molar-refractivity contribution is 5.85. The molecule has 100 valence electrons. The molecule has 20 heavy (non-hydrogen) atoms. The second-order valence-electron chi connectivity index (χ2n) is 4.84. The topological polar surface area (TPSA) is 9.23 Å². The molecule has 0 saturated carbocycles. The molecule has 0 aliphatic carbocycles. The number of fused-ring (bicyclic) bond motifs is 1. The van der Waals surface area contributed by atoms with E-state index in [1.54, 1.807) is 19.1 Å². The number of rotatable bonds is 3. The van der Waals surface area contributed by atoms with E-state index in [4.69, 9.17) is 4.74 Å². The lowest BCUT2D eigenvalue weighted by Crippen LogP contribution is -1.97. The van der Waals surface area contributed by atoms with Gasteiger partial charge in [0, 0.05) is 6.07 Å². The zero-order chi connectivity index (χ0) is 13.9. The van der Waals surface area contributed by atoms with Gasteiger partial charge in [-0.25, -0.2) is 4.39 Å². The van der Waals surface area contributed by atoms with Gasteiger partial charge in [-0.3, -0.25) is 0 Å². The van der Waals surface area contributed by atoms with Gasteiger partial charge in [-0.2, -0.15) is 0 Å². The van der Waals surface area contributed by atoms with Crippen LogP contribution < -0.4 is 4.74 Å². The zero-order valence-electron chi connectivity index (χ0n) is 11.3. The highest BCUT2D eigenvalue weighted by Gasteiger charge is 2.03. The Hall–Kier alpha value is -2.35. The molecule has 0 fully saturated rings. The van der Waals surface area contributed by atoms with Gasteiger partial charge in [-0.1, -0.05) is 48.5 Å². The number of hydrogen-bond donors (Lipinski definition) is 0. The molecule has 3 rings (SSSR count). The molecule has 0 aliphatic rings. The first kappa shape index (κ1) is 12.7. The average Bonchev–Trinajstić information content (AvgIpc) is 2.48. The third-order valence-corrected chi connectivity index (χ3v) is 3.42. The van der Waals surface area contributed by atoms with Crippen molar-refractivity contribution in [3.63, 3.8) is 0 Å². The fourth-order valence-corrected chi connectivity index (χ4v) is 2.24. The Morgan fingerprint density at radius 2 is 1.75 bits per heavy atom. The molecule has 2 heteroatoms. The van der Waals surface area contributed by atoms with Crippen LogP contribution in [0.15, 0.2) is 60.7 Å². The molecule has 0 unspecified atom stereocenters. The van der Waals surface area contributed by atoms with Crippen LogP contribution in [0, 0.1) is 12.7 Å². The highest BCUT2D eigenvalue weighted by Crippen LogP contribution is 2.21. The summed E-state index contributed by atoms with van der Waals surface area (Å²) >= 11 is 0. The monoisotopic (exact) mass is 266 g/mol. The lowest BCUT2D eigenvalue weighted by atomic mass is 10.1. The van der Waals surface area contributed by atoms with Crippen LogP contribution in [0.25, 0.3) is 10.8 Å². The summed E-state index contributed by atoms with van der Waals surface area (Å²) in [7, 11) is 0. The number of aryl methyl sites for hydroxylation is 1. The third-order valence-electron chi connectivity index (χ3n) is 3.42. The second kappa shape index (κ2) is 5.33. The predicted octanol–water partition coefficient (Wildman–Crippen LogP) is 4.87. The first-order chi connectivity index (χ1) is 9.74. The molecule has 0 bridgehead atoms. The van der Waals surface area contributed by atoms with Gasteiger partial charge in [0.15, 0.2) is 0 Å². The van der Waals surface area contributed by atoms with Crippen LogP contribution in [-0.2, 0) is 6.61 Å². The predicted molar refractivity (Wildman–Crippen MR) is 79.4 cm³/mol. The van der Waals surface area contributed by atoms with E-state index in [9.17, 15) is 4.39 Å². The summed E-state index contributed by atoms with van der Waals surface area (Å²) in [5.41, 5.74) is 1.73. The maximum Gasteiger partial charge on any atom is 0.129 e. The van der Waals surface area contributed by atoms with E-state index in [0.717, 1.165) is 5.56 Å². The fraction of sp³-hybridized carbons (Fsp3) is 0.111. The van der Waals surface area contributed by atoms with Crippen LogP contribution >= 0.6 is 0 Å². The van der Waals surface area contributed by atoms with E-state index < -0.39 is 0 Å². The van der Waals surface area contributed by atoms with Crippen molar-refractivity contribution in [2.45, 2.75) is 13.5 Å². The molecule has 3 aromatic rings. The summed E-state index contributed by atoms with van der Waals surface area (Å²) < 4.78 is 19.2. The van der Waals surface area contributed by atoms with Gasteiger partial charge in [0.1, 0.15) is 18.2 Å². The van der Waals surface area contributed by atoms with E-state index >= 15 is 0 Å². The summed E-state index contributed by atoms with van der Waals surface area (Å²) in [6.07, 6.45) is 0. The van der Waals surface area contributed by atoms with Crippen LogP contribution in [-0.4, -0.2) is 0 Å². The molecule has 0 atom stereocenters. The minimum absolute atomic E-state index is 0.236. The maximum atomic E-state index is 13.5. The van der Waals surface area contributed by atoms with Crippen LogP contribution in [0.1, 0.15) is 11.1 Å². The summed E-state index contributed by atoms with van der Waals surface area (Å²) in [6.45, 7) is 2.17. The van der Waals surface area contributed by atoms with E-state index in [0.29, 0.717) is 17.9 Å². The Kier molecular flexibility index (Phi) is 3.38. The first-order valence-electron chi connectivity index (χ1n) is 6.59. The average molecular weight is 266 g/mol. The number of benzene rings is 3. The number of hydrogen-bond acceptors (Lipinski definition) is 1. The van der Waals surface area contributed by atoms with E-state index in [-0.39, 0.29) is 5.82 Å².